The van der Waals surface area contributed by atoms with Gasteiger partial charge in [0.2, 0.25) is 0 Å². The summed E-state index contributed by atoms with van der Waals surface area (Å²) < 4.78 is 0. The number of aliphatic hydroxyl groups is 1. The van der Waals surface area contributed by atoms with Crippen molar-refractivity contribution in [1.29, 1.82) is 0 Å². The van der Waals surface area contributed by atoms with E-state index in [2.05, 4.69) is 12.6 Å². The fourth-order valence-electron chi connectivity index (χ4n) is 1.30. The van der Waals surface area contributed by atoms with E-state index in [0.29, 0.717) is 0 Å². The van der Waals surface area contributed by atoms with E-state index in [9.17, 15) is 5.11 Å². The Hall–Kier alpha value is -0.470. The summed E-state index contributed by atoms with van der Waals surface area (Å²) in [5.74, 6) is 0. The van der Waals surface area contributed by atoms with Crippen LogP contribution in [0, 0.1) is 6.92 Å². The van der Waals surface area contributed by atoms with Crippen LogP contribution in [0.1, 0.15) is 30.6 Å². The van der Waals surface area contributed by atoms with Gasteiger partial charge in [0.25, 0.3) is 0 Å². The van der Waals surface area contributed by atoms with Crippen molar-refractivity contribution >= 4 is 12.6 Å². The van der Waals surface area contributed by atoms with Gasteiger partial charge in [-0.1, -0.05) is 19.1 Å². The van der Waals surface area contributed by atoms with E-state index in [-0.39, 0.29) is 6.10 Å². The maximum absolute atomic E-state index is 9.64. The summed E-state index contributed by atoms with van der Waals surface area (Å²) in [7, 11) is 0. The van der Waals surface area contributed by atoms with Crippen LogP contribution < -0.4 is 0 Å². The molecule has 1 aromatic carbocycles. The Morgan fingerprint density at radius 3 is 2.67 bits per heavy atom. The summed E-state index contributed by atoms with van der Waals surface area (Å²) in [6.07, 6.45) is 0.358. The molecule has 0 radical (unpaired) electrons. The molecule has 2 heteroatoms. The minimum absolute atomic E-state index is 0.376. The molecule has 0 aromatic heterocycles. The molecule has 0 amide bonds. The minimum atomic E-state index is -0.376. The number of thiol groups is 1. The van der Waals surface area contributed by atoms with E-state index in [0.717, 1.165) is 22.4 Å². The first-order valence-electron chi connectivity index (χ1n) is 4.13. The van der Waals surface area contributed by atoms with Crippen molar-refractivity contribution in [3.05, 3.63) is 29.3 Å². The van der Waals surface area contributed by atoms with Crippen LogP contribution in [0.3, 0.4) is 0 Å². The predicted molar refractivity (Wildman–Crippen MR) is 53.7 cm³/mol. The maximum Gasteiger partial charge on any atom is 0.0800 e. The molecule has 0 aliphatic heterocycles. The van der Waals surface area contributed by atoms with Gasteiger partial charge in [0, 0.05) is 4.90 Å². The van der Waals surface area contributed by atoms with E-state index >= 15 is 0 Å². The van der Waals surface area contributed by atoms with E-state index in [1.807, 2.05) is 32.0 Å². The smallest absolute Gasteiger partial charge is 0.0800 e. The van der Waals surface area contributed by atoms with Crippen LogP contribution in [-0.2, 0) is 0 Å². The monoisotopic (exact) mass is 182 g/mol. The van der Waals surface area contributed by atoms with Crippen molar-refractivity contribution < 1.29 is 5.11 Å². The Kier molecular flexibility index (Phi) is 3.18. The quantitative estimate of drug-likeness (QED) is 0.674. The van der Waals surface area contributed by atoms with Gasteiger partial charge in [-0.25, -0.2) is 0 Å². The molecule has 0 heterocycles. The largest absolute Gasteiger partial charge is 0.388 e. The molecule has 0 aliphatic rings. The summed E-state index contributed by atoms with van der Waals surface area (Å²) in [6, 6.07) is 5.85. The van der Waals surface area contributed by atoms with Crippen LogP contribution in [0.25, 0.3) is 0 Å². The van der Waals surface area contributed by atoms with Crippen LogP contribution in [-0.4, -0.2) is 5.11 Å². The number of benzene rings is 1. The van der Waals surface area contributed by atoms with Gasteiger partial charge in [-0.15, -0.1) is 12.6 Å². The lowest BCUT2D eigenvalue weighted by Crippen LogP contribution is -1.99. The molecule has 1 rings (SSSR count). The molecule has 1 unspecified atom stereocenters. The lowest BCUT2D eigenvalue weighted by atomic mass is 10.0. The number of hydrogen-bond acceptors (Lipinski definition) is 2. The zero-order chi connectivity index (χ0) is 9.14. The summed E-state index contributed by atoms with van der Waals surface area (Å²) in [4.78, 5) is 0.879. The van der Waals surface area contributed by atoms with E-state index in [1.54, 1.807) is 0 Å². The highest BCUT2D eigenvalue weighted by atomic mass is 32.1. The Balaban J connectivity index is 3.12. The highest BCUT2D eigenvalue weighted by molar-refractivity contribution is 7.80. The molecule has 1 aromatic rings. The van der Waals surface area contributed by atoms with Crippen molar-refractivity contribution in [3.8, 4) is 0 Å². The molecule has 0 saturated carbocycles. The number of aryl methyl sites for hydroxylation is 1. The van der Waals surface area contributed by atoms with Gasteiger partial charge < -0.3 is 5.11 Å². The molecular formula is C10H14OS. The first-order chi connectivity index (χ1) is 5.66. The second-order valence-corrected chi connectivity index (χ2v) is 3.41. The standard InChI is InChI=1S/C10H14OS/c1-3-8(11)10-7(2)5-4-6-9(10)12/h4-6,8,11-12H,3H2,1-2H3. The van der Waals surface area contributed by atoms with Crippen LogP contribution >= 0.6 is 12.6 Å². The van der Waals surface area contributed by atoms with Crippen molar-refractivity contribution in [2.24, 2.45) is 0 Å². The molecule has 0 aliphatic carbocycles. The second-order valence-electron chi connectivity index (χ2n) is 2.93. The lowest BCUT2D eigenvalue weighted by Gasteiger charge is -2.13. The van der Waals surface area contributed by atoms with Crippen LogP contribution in [0.4, 0.5) is 0 Å². The molecular weight excluding hydrogens is 168 g/mol. The SMILES string of the molecule is CCC(O)c1c(C)cccc1S. The first kappa shape index (κ1) is 9.62. The number of rotatable bonds is 2. The Bertz CT molecular complexity index is 250. The summed E-state index contributed by atoms with van der Waals surface area (Å²) in [5, 5.41) is 9.64. The molecule has 0 saturated heterocycles. The zero-order valence-corrected chi connectivity index (χ0v) is 8.31. The number of hydrogen-bond donors (Lipinski definition) is 2. The third-order valence-electron chi connectivity index (χ3n) is 2.02. The van der Waals surface area contributed by atoms with Crippen LogP contribution in [0.2, 0.25) is 0 Å². The third kappa shape index (κ3) is 1.82. The predicted octanol–water partition coefficient (Wildman–Crippen LogP) is 2.73. The van der Waals surface area contributed by atoms with Crippen molar-refractivity contribution in [2.75, 3.05) is 0 Å². The van der Waals surface area contributed by atoms with E-state index in [4.69, 9.17) is 0 Å². The minimum Gasteiger partial charge on any atom is -0.388 e. The molecule has 0 fully saturated rings. The molecule has 1 atom stereocenters. The molecule has 1 nitrogen and oxygen atoms in total. The highest BCUT2D eigenvalue weighted by Gasteiger charge is 2.10. The molecule has 0 bridgehead atoms. The fraction of sp³-hybridized carbons (Fsp3) is 0.400. The van der Waals surface area contributed by atoms with Crippen LogP contribution in [0.15, 0.2) is 23.1 Å². The Morgan fingerprint density at radius 1 is 1.50 bits per heavy atom. The third-order valence-corrected chi connectivity index (χ3v) is 2.41. The van der Waals surface area contributed by atoms with Gasteiger partial charge in [-0.05, 0) is 30.5 Å². The van der Waals surface area contributed by atoms with E-state index in [1.165, 1.54) is 0 Å². The summed E-state index contributed by atoms with van der Waals surface area (Å²) in [5.41, 5.74) is 2.07. The topological polar surface area (TPSA) is 20.2 Å². The lowest BCUT2D eigenvalue weighted by molar-refractivity contribution is 0.170. The molecule has 0 spiro atoms. The molecule has 12 heavy (non-hydrogen) atoms. The van der Waals surface area contributed by atoms with Gasteiger partial charge in [0.15, 0.2) is 0 Å². The van der Waals surface area contributed by atoms with Gasteiger partial charge in [-0.2, -0.15) is 0 Å². The van der Waals surface area contributed by atoms with Gasteiger partial charge in [-0.3, -0.25) is 0 Å². The van der Waals surface area contributed by atoms with Crippen LogP contribution in [0.5, 0.6) is 0 Å². The first-order valence-corrected chi connectivity index (χ1v) is 4.58. The zero-order valence-electron chi connectivity index (χ0n) is 7.41. The number of aliphatic hydroxyl groups excluding tert-OH is 1. The fourth-order valence-corrected chi connectivity index (χ4v) is 1.71. The van der Waals surface area contributed by atoms with Gasteiger partial charge in [0.1, 0.15) is 0 Å². The Labute approximate surface area is 78.8 Å². The van der Waals surface area contributed by atoms with Crippen molar-refractivity contribution in [1.82, 2.24) is 0 Å². The van der Waals surface area contributed by atoms with E-state index < -0.39 is 0 Å². The van der Waals surface area contributed by atoms with Crippen molar-refractivity contribution in [2.45, 2.75) is 31.3 Å². The van der Waals surface area contributed by atoms with Gasteiger partial charge >= 0.3 is 0 Å². The molecule has 1 N–H and O–H groups in total. The Morgan fingerprint density at radius 2 is 2.17 bits per heavy atom. The maximum atomic E-state index is 9.64. The normalized spacial score (nSPS) is 13.0. The summed E-state index contributed by atoms with van der Waals surface area (Å²) >= 11 is 4.30. The van der Waals surface area contributed by atoms with Gasteiger partial charge in [0.05, 0.1) is 6.10 Å². The average Bonchev–Trinajstić information content (AvgIpc) is 2.03. The highest BCUT2D eigenvalue weighted by Crippen LogP contribution is 2.26. The second kappa shape index (κ2) is 3.97. The average molecular weight is 182 g/mol. The van der Waals surface area contributed by atoms with Crippen molar-refractivity contribution in [3.63, 3.8) is 0 Å². The summed E-state index contributed by atoms with van der Waals surface area (Å²) in [6.45, 7) is 3.96. The molecule has 66 valence electrons.